The van der Waals surface area contributed by atoms with Crippen LogP contribution < -0.4 is 0 Å². The standard InChI is InChI=1S/C11H13NO6S2/c13-8-5-20(18)11(10(15)9(8)14)19-7-3-1-6(2-4-7)12(16)17/h1-4,8-11,13-15H,5H2/t8-,9-,10+,11-,20-/m1/s1. The molecule has 3 N–H and O–H groups in total. The summed E-state index contributed by atoms with van der Waals surface area (Å²) in [6, 6.07) is 5.60. The molecule has 7 nitrogen and oxygen atoms in total. The fourth-order valence-electron chi connectivity index (χ4n) is 1.81. The summed E-state index contributed by atoms with van der Waals surface area (Å²) in [5, 5.41) is 39.4. The van der Waals surface area contributed by atoms with Crippen LogP contribution in [-0.4, -0.2) is 53.1 Å². The van der Waals surface area contributed by atoms with E-state index in [0.29, 0.717) is 4.90 Å². The first-order valence-corrected chi connectivity index (χ1v) is 7.99. The van der Waals surface area contributed by atoms with Gasteiger partial charge in [-0.05, 0) is 12.1 Å². The Bertz CT molecular complexity index is 522. The highest BCUT2D eigenvalue weighted by Gasteiger charge is 2.41. The number of nitro benzene ring substituents is 1. The van der Waals surface area contributed by atoms with Gasteiger partial charge in [0.15, 0.2) is 0 Å². The Hall–Kier alpha value is -1.00. The third-order valence-corrected chi connectivity index (χ3v) is 6.37. The normalized spacial score (nSPS) is 33.9. The van der Waals surface area contributed by atoms with E-state index in [1.165, 1.54) is 24.3 Å². The molecule has 0 unspecified atom stereocenters. The summed E-state index contributed by atoms with van der Waals surface area (Å²) >= 11 is 1.06. The lowest BCUT2D eigenvalue weighted by Crippen LogP contribution is -2.52. The fourth-order valence-corrected chi connectivity index (χ4v) is 4.87. The summed E-state index contributed by atoms with van der Waals surface area (Å²) in [5.74, 6) is -0.108. The number of hydrogen-bond donors (Lipinski definition) is 3. The topological polar surface area (TPSA) is 121 Å². The second-order valence-electron chi connectivity index (χ2n) is 4.33. The van der Waals surface area contributed by atoms with Gasteiger partial charge in [-0.15, -0.1) is 11.8 Å². The van der Waals surface area contributed by atoms with E-state index in [1.807, 2.05) is 0 Å². The van der Waals surface area contributed by atoms with E-state index in [-0.39, 0.29) is 11.4 Å². The van der Waals surface area contributed by atoms with Crippen molar-refractivity contribution in [1.82, 2.24) is 0 Å². The Balaban J connectivity index is 2.12. The van der Waals surface area contributed by atoms with E-state index >= 15 is 0 Å². The molecule has 1 aromatic rings. The minimum absolute atomic E-state index is 0.0601. The lowest BCUT2D eigenvalue weighted by Gasteiger charge is -2.33. The lowest BCUT2D eigenvalue weighted by atomic mass is 10.1. The fraction of sp³-hybridized carbons (Fsp3) is 0.455. The smallest absolute Gasteiger partial charge is 0.269 e. The summed E-state index contributed by atoms with van der Waals surface area (Å²) in [7, 11) is -1.50. The van der Waals surface area contributed by atoms with Crippen molar-refractivity contribution in [3.05, 3.63) is 34.4 Å². The van der Waals surface area contributed by atoms with Gasteiger partial charge in [-0.2, -0.15) is 0 Å². The average molecular weight is 319 g/mol. The maximum Gasteiger partial charge on any atom is 0.269 e. The first-order valence-electron chi connectivity index (χ1n) is 5.72. The van der Waals surface area contributed by atoms with E-state index in [9.17, 15) is 29.6 Å². The zero-order valence-electron chi connectivity index (χ0n) is 10.2. The number of rotatable bonds is 3. The predicted octanol–water partition coefficient (Wildman–Crippen LogP) is -0.142. The molecule has 1 aromatic carbocycles. The number of nitro groups is 1. The molecule has 1 saturated heterocycles. The second-order valence-corrected chi connectivity index (χ2v) is 7.45. The molecular formula is C11H13NO6S2. The van der Waals surface area contributed by atoms with Crippen LogP contribution in [0, 0.1) is 10.1 Å². The Kier molecular flexibility index (Phi) is 4.76. The van der Waals surface area contributed by atoms with Crippen molar-refractivity contribution >= 4 is 28.2 Å². The van der Waals surface area contributed by atoms with Gasteiger partial charge in [0.2, 0.25) is 0 Å². The molecule has 9 heteroatoms. The SMILES string of the molecule is O=[N+]([O-])c1ccc(S[C@H]2[C@@H](O)[C@H](O)[C@H](O)C[S@]2=O)cc1. The van der Waals surface area contributed by atoms with Crippen LogP contribution in [-0.2, 0) is 10.8 Å². The number of non-ortho nitro benzene ring substituents is 1. The highest BCUT2D eigenvalue weighted by atomic mass is 32.2. The van der Waals surface area contributed by atoms with E-state index in [0.717, 1.165) is 11.8 Å². The second kappa shape index (κ2) is 6.19. The first-order chi connectivity index (χ1) is 9.40. The Morgan fingerprint density at radius 1 is 1.20 bits per heavy atom. The van der Waals surface area contributed by atoms with E-state index in [2.05, 4.69) is 0 Å². The van der Waals surface area contributed by atoms with E-state index < -0.39 is 38.6 Å². The van der Waals surface area contributed by atoms with Gasteiger partial charge >= 0.3 is 0 Å². The third-order valence-electron chi connectivity index (χ3n) is 2.92. The van der Waals surface area contributed by atoms with Crippen molar-refractivity contribution in [2.45, 2.75) is 27.8 Å². The van der Waals surface area contributed by atoms with Crippen molar-refractivity contribution < 1.29 is 24.5 Å². The van der Waals surface area contributed by atoms with Gasteiger partial charge < -0.3 is 15.3 Å². The molecule has 0 saturated carbocycles. The molecule has 2 rings (SSSR count). The molecule has 0 aromatic heterocycles. The quantitative estimate of drug-likeness (QED) is 0.523. The van der Waals surface area contributed by atoms with Gasteiger partial charge in [-0.1, -0.05) is 0 Å². The van der Waals surface area contributed by atoms with Crippen LogP contribution in [0.1, 0.15) is 0 Å². The molecule has 110 valence electrons. The van der Waals surface area contributed by atoms with Gasteiger partial charge in [0.1, 0.15) is 16.8 Å². The van der Waals surface area contributed by atoms with Gasteiger partial charge in [0.05, 0.1) is 16.8 Å². The van der Waals surface area contributed by atoms with Crippen molar-refractivity contribution in [3.63, 3.8) is 0 Å². The molecule has 0 bridgehead atoms. The third kappa shape index (κ3) is 3.18. The number of benzene rings is 1. The van der Waals surface area contributed by atoms with E-state index in [4.69, 9.17) is 0 Å². The van der Waals surface area contributed by atoms with Gasteiger partial charge in [-0.3, -0.25) is 14.3 Å². The molecule has 0 radical (unpaired) electrons. The zero-order valence-corrected chi connectivity index (χ0v) is 11.8. The maximum atomic E-state index is 11.9. The van der Waals surface area contributed by atoms with Gasteiger partial charge in [0.25, 0.3) is 5.69 Å². The van der Waals surface area contributed by atoms with Crippen LogP contribution >= 0.6 is 11.8 Å². The summed E-state index contributed by atoms with van der Waals surface area (Å²) in [6.45, 7) is 0. The molecule has 20 heavy (non-hydrogen) atoms. The Morgan fingerprint density at radius 2 is 1.80 bits per heavy atom. The molecule has 1 heterocycles. The summed E-state index contributed by atoms with van der Waals surface area (Å²) in [6.07, 6.45) is -3.87. The molecule has 1 aliphatic rings. The number of thioether (sulfide) groups is 1. The summed E-state index contributed by atoms with van der Waals surface area (Å²) in [5.41, 5.74) is -0.0601. The molecule has 1 aliphatic heterocycles. The summed E-state index contributed by atoms with van der Waals surface area (Å²) in [4.78, 5) is 10.6. The van der Waals surface area contributed by atoms with Crippen LogP contribution in [0.15, 0.2) is 29.2 Å². The molecular weight excluding hydrogens is 306 g/mol. The minimum atomic E-state index is -1.50. The molecule has 0 spiro atoms. The van der Waals surface area contributed by atoms with Crippen LogP contribution in [0.2, 0.25) is 0 Å². The summed E-state index contributed by atoms with van der Waals surface area (Å²) < 4.78 is 11.1. The number of hydrogen-bond acceptors (Lipinski definition) is 7. The van der Waals surface area contributed by atoms with Crippen molar-refractivity contribution in [3.8, 4) is 0 Å². The molecule has 1 fully saturated rings. The maximum absolute atomic E-state index is 11.9. The van der Waals surface area contributed by atoms with E-state index in [1.54, 1.807) is 0 Å². The van der Waals surface area contributed by atoms with Crippen LogP contribution in [0.4, 0.5) is 5.69 Å². The van der Waals surface area contributed by atoms with Crippen LogP contribution in [0.3, 0.4) is 0 Å². The van der Waals surface area contributed by atoms with Crippen molar-refractivity contribution in [2.24, 2.45) is 0 Å². The molecule has 5 atom stereocenters. The predicted molar refractivity (Wildman–Crippen MR) is 73.8 cm³/mol. The molecule has 0 amide bonds. The largest absolute Gasteiger partial charge is 0.389 e. The lowest BCUT2D eigenvalue weighted by molar-refractivity contribution is -0.384. The average Bonchev–Trinajstić information content (AvgIpc) is 2.42. The van der Waals surface area contributed by atoms with Crippen LogP contribution in [0.5, 0.6) is 0 Å². The number of nitrogens with zero attached hydrogens (tertiary/aromatic N) is 1. The van der Waals surface area contributed by atoms with Gasteiger partial charge in [0, 0.05) is 27.8 Å². The van der Waals surface area contributed by atoms with Crippen molar-refractivity contribution in [1.29, 1.82) is 0 Å². The van der Waals surface area contributed by atoms with Crippen LogP contribution in [0.25, 0.3) is 0 Å². The number of aliphatic hydroxyl groups excluding tert-OH is 3. The molecule has 0 aliphatic carbocycles. The highest BCUT2D eigenvalue weighted by molar-refractivity contribution is 8.11. The highest BCUT2D eigenvalue weighted by Crippen LogP contribution is 2.33. The Morgan fingerprint density at radius 3 is 2.35 bits per heavy atom. The van der Waals surface area contributed by atoms with Gasteiger partial charge in [-0.25, -0.2) is 0 Å². The number of aliphatic hydroxyl groups is 3. The minimum Gasteiger partial charge on any atom is -0.389 e. The van der Waals surface area contributed by atoms with Crippen molar-refractivity contribution in [2.75, 3.05) is 5.75 Å². The first kappa shape index (κ1) is 15.4. The monoisotopic (exact) mass is 319 g/mol. The Labute approximate surface area is 121 Å². The zero-order chi connectivity index (χ0) is 14.9.